The molecule has 0 saturated carbocycles. The molecule has 1 N–H and O–H groups in total. The predicted octanol–water partition coefficient (Wildman–Crippen LogP) is 4.09. The maximum Gasteiger partial charge on any atom is 0.407 e. The van der Waals surface area contributed by atoms with Crippen molar-refractivity contribution in [1.82, 2.24) is 14.9 Å². The largest absolute Gasteiger partial charge is 0.444 e. The standard InChI is InChI=1S/C17H31N3O2/c1-6-7-8-9-14(2)20-13-18-12-15(20)10-11-19-16(21)22-17(3,4)5/h12-14H,6-11H2,1-5H3,(H,19,21). The number of nitrogens with zero attached hydrogens (tertiary/aromatic N) is 2. The normalized spacial score (nSPS) is 13.0. The summed E-state index contributed by atoms with van der Waals surface area (Å²) >= 11 is 0. The molecule has 0 aliphatic carbocycles. The molecule has 0 aliphatic heterocycles. The van der Waals surface area contributed by atoms with Crippen LogP contribution in [-0.2, 0) is 11.2 Å². The van der Waals surface area contributed by atoms with E-state index in [0.29, 0.717) is 12.6 Å². The summed E-state index contributed by atoms with van der Waals surface area (Å²) in [6, 6.07) is 0.450. The molecule has 0 spiro atoms. The summed E-state index contributed by atoms with van der Waals surface area (Å²) in [5.41, 5.74) is 0.694. The number of unbranched alkanes of at least 4 members (excludes halogenated alkanes) is 2. The molecule has 0 radical (unpaired) electrons. The Balaban J connectivity index is 2.41. The zero-order valence-corrected chi connectivity index (χ0v) is 14.7. The molecule has 126 valence electrons. The van der Waals surface area contributed by atoms with Crippen LogP contribution in [0.3, 0.4) is 0 Å². The number of rotatable bonds is 8. The van der Waals surface area contributed by atoms with Crippen LogP contribution in [0.15, 0.2) is 12.5 Å². The average Bonchev–Trinajstić information content (AvgIpc) is 2.85. The summed E-state index contributed by atoms with van der Waals surface area (Å²) in [4.78, 5) is 15.9. The van der Waals surface area contributed by atoms with Crippen LogP contribution in [0.4, 0.5) is 4.79 Å². The van der Waals surface area contributed by atoms with Crippen molar-refractivity contribution in [1.29, 1.82) is 0 Å². The quantitative estimate of drug-likeness (QED) is 0.736. The van der Waals surface area contributed by atoms with Crippen molar-refractivity contribution < 1.29 is 9.53 Å². The maximum atomic E-state index is 11.6. The topological polar surface area (TPSA) is 56.2 Å². The number of alkyl carbamates (subject to hydrolysis) is 1. The van der Waals surface area contributed by atoms with Gasteiger partial charge >= 0.3 is 6.09 Å². The molecule has 1 amide bonds. The van der Waals surface area contributed by atoms with E-state index in [-0.39, 0.29) is 6.09 Å². The number of carbonyl (C=O) groups excluding carboxylic acids is 1. The highest BCUT2D eigenvalue weighted by atomic mass is 16.6. The summed E-state index contributed by atoms with van der Waals surface area (Å²) in [5.74, 6) is 0. The van der Waals surface area contributed by atoms with Crippen LogP contribution in [0.1, 0.15) is 72.0 Å². The van der Waals surface area contributed by atoms with Gasteiger partial charge in [-0.1, -0.05) is 26.2 Å². The molecule has 1 rings (SSSR count). The van der Waals surface area contributed by atoms with Crippen molar-refractivity contribution in [3.63, 3.8) is 0 Å². The Morgan fingerprint density at radius 1 is 1.41 bits per heavy atom. The predicted molar refractivity (Wildman–Crippen MR) is 89.0 cm³/mol. The Morgan fingerprint density at radius 3 is 2.77 bits per heavy atom. The van der Waals surface area contributed by atoms with E-state index < -0.39 is 5.60 Å². The SMILES string of the molecule is CCCCCC(C)n1cncc1CCNC(=O)OC(C)(C)C. The number of ether oxygens (including phenoxy) is 1. The minimum atomic E-state index is -0.459. The van der Waals surface area contributed by atoms with Crippen LogP contribution in [0.2, 0.25) is 0 Å². The minimum absolute atomic E-state index is 0.366. The molecular formula is C17H31N3O2. The first-order chi connectivity index (χ1) is 10.3. The van der Waals surface area contributed by atoms with Gasteiger partial charge in [-0.05, 0) is 34.1 Å². The van der Waals surface area contributed by atoms with Crippen LogP contribution >= 0.6 is 0 Å². The lowest BCUT2D eigenvalue weighted by atomic mass is 10.1. The van der Waals surface area contributed by atoms with Crippen molar-refractivity contribution in [2.45, 2.75) is 78.4 Å². The Hall–Kier alpha value is -1.52. The van der Waals surface area contributed by atoms with Crippen LogP contribution in [0, 0.1) is 0 Å². The first-order valence-electron chi connectivity index (χ1n) is 8.31. The average molecular weight is 309 g/mol. The smallest absolute Gasteiger partial charge is 0.407 e. The van der Waals surface area contributed by atoms with E-state index in [1.807, 2.05) is 33.3 Å². The van der Waals surface area contributed by atoms with Crippen molar-refractivity contribution in [2.75, 3.05) is 6.54 Å². The van der Waals surface area contributed by atoms with Crippen LogP contribution in [-0.4, -0.2) is 27.8 Å². The van der Waals surface area contributed by atoms with Crippen molar-refractivity contribution in [3.05, 3.63) is 18.2 Å². The number of nitrogens with one attached hydrogen (secondary N) is 1. The van der Waals surface area contributed by atoms with Gasteiger partial charge in [0, 0.05) is 30.9 Å². The van der Waals surface area contributed by atoms with Gasteiger partial charge in [0.2, 0.25) is 0 Å². The summed E-state index contributed by atoms with van der Waals surface area (Å²) in [7, 11) is 0. The second-order valence-corrected chi connectivity index (χ2v) is 6.82. The number of amides is 1. The van der Waals surface area contributed by atoms with Gasteiger partial charge in [-0.3, -0.25) is 0 Å². The van der Waals surface area contributed by atoms with Crippen LogP contribution in [0.5, 0.6) is 0 Å². The van der Waals surface area contributed by atoms with E-state index >= 15 is 0 Å². The summed E-state index contributed by atoms with van der Waals surface area (Å²) in [6.45, 7) is 10.6. The van der Waals surface area contributed by atoms with E-state index in [2.05, 4.69) is 28.7 Å². The lowest BCUT2D eigenvalue weighted by Gasteiger charge is -2.20. The molecule has 1 aromatic rings. The molecule has 5 heteroatoms. The first-order valence-corrected chi connectivity index (χ1v) is 8.31. The summed E-state index contributed by atoms with van der Waals surface area (Å²) in [5, 5.41) is 2.79. The third kappa shape index (κ3) is 6.96. The molecule has 0 aliphatic rings. The van der Waals surface area contributed by atoms with Crippen LogP contribution < -0.4 is 5.32 Å². The number of hydrogen-bond acceptors (Lipinski definition) is 3. The second-order valence-electron chi connectivity index (χ2n) is 6.82. The third-order valence-electron chi connectivity index (χ3n) is 3.50. The monoisotopic (exact) mass is 309 g/mol. The van der Waals surface area contributed by atoms with E-state index in [9.17, 15) is 4.79 Å². The van der Waals surface area contributed by atoms with Gasteiger partial charge in [0.15, 0.2) is 0 Å². The molecule has 5 nitrogen and oxygen atoms in total. The zero-order chi connectivity index (χ0) is 16.6. The summed E-state index contributed by atoms with van der Waals surface area (Å²) in [6.07, 6.45) is 9.08. The number of aromatic nitrogens is 2. The van der Waals surface area contributed by atoms with Gasteiger partial charge in [-0.2, -0.15) is 0 Å². The second kappa shape index (κ2) is 8.81. The molecule has 1 heterocycles. The lowest BCUT2D eigenvalue weighted by molar-refractivity contribution is 0.0528. The molecule has 1 aromatic heterocycles. The highest BCUT2D eigenvalue weighted by Crippen LogP contribution is 2.17. The lowest BCUT2D eigenvalue weighted by Crippen LogP contribution is -2.33. The van der Waals surface area contributed by atoms with E-state index in [0.717, 1.165) is 18.5 Å². The fourth-order valence-corrected chi connectivity index (χ4v) is 2.36. The highest BCUT2D eigenvalue weighted by molar-refractivity contribution is 5.67. The Labute approximate surface area is 134 Å². The van der Waals surface area contributed by atoms with Crippen molar-refractivity contribution in [2.24, 2.45) is 0 Å². The Kier molecular flexibility index (Phi) is 7.42. The Bertz CT molecular complexity index is 449. The van der Waals surface area contributed by atoms with E-state index in [1.54, 1.807) is 0 Å². The van der Waals surface area contributed by atoms with E-state index in [4.69, 9.17) is 4.74 Å². The van der Waals surface area contributed by atoms with Gasteiger partial charge in [-0.15, -0.1) is 0 Å². The molecule has 1 atom stereocenters. The zero-order valence-electron chi connectivity index (χ0n) is 14.7. The van der Waals surface area contributed by atoms with Gasteiger partial charge in [-0.25, -0.2) is 9.78 Å². The van der Waals surface area contributed by atoms with Crippen LogP contribution in [0.25, 0.3) is 0 Å². The molecule has 0 saturated heterocycles. The Morgan fingerprint density at radius 2 is 2.14 bits per heavy atom. The molecular weight excluding hydrogens is 278 g/mol. The maximum absolute atomic E-state index is 11.6. The van der Waals surface area contributed by atoms with Gasteiger partial charge in [0.25, 0.3) is 0 Å². The number of imidazole rings is 1. The van der Waals surface area contributed by atoms with E-state index in [1.165, 1.54) is 19.3 Å². The highest BCUT2D eigenvalue weighted by Gasteiger charge is 2.16. The fourth-order valence-electron chi connectivity index (χ4n) is 2.36. The summed E-state index contributed by atoms with van der Waals surface area (Å²) < 4.78 is 7.44. The molecule has 22 heavy (non-hydrogen) atoms. The molecule has 0 bridgehead atoms. The van der Waals surface area contributed by atoms with Gasteiger partial charge in [0.05, 0.1) is 6.33 Å². The third-order valence-corrected chi connectivity index (χ3v) is 3.50. The molecule has 1 unspecified atom stereocenters. The number of carbonyl (C=O) groups is 1. The fraction of sp³-hybridized carbons (Fsp3) is 0.765. The molecule has 0 fully saturated rings. The van der Waals surface area contributed by atoms with Crippen molar-refractivity contribution >= 4 is 6.09 Å². The first kappa shape index (κ1) is 18.5. The van der Waals surface area contributed by atoms with Crippen molar-refractivity contribution in [3.8, 4) is 0 Å². The van der Waals surface area contributed by atoms with Gasteiger partial charge < -0.3 is 14.6 Å². The minimum Gasteiger partial charge on any atom is -0.444 e. The molecule has 0 aromatic carbocycles. The number of hydrogen-bond donors (Lipinski definition) is 1. The van der Waals surface area contributed by atoms with Gasteiger partial charge in [0.1, 0.15) is 5.60 Å².